The van der Waals surface area contributed by atoms with Gasteiger partial charge in [0.05, 0.1) is 12.2 Å². The molecular formula is C20H22N2O3. The van der Waals surface area contributed by atoms with E-state index in [-0.39, 0.29) is 11.8 Å². The fourth-order valence-corrected chi connectivity index (χ4v) is 2.97. The van der Waals surface area contributed by atoms with Gasteiger partial charge in [0.25, 0.3) is 0 Å². The van der Waals surface area contributed by atoms with Crippen molar-refractivity contribution in [3.05, 3.63) is 53.6 Å². The molecule has 0 saturated heterocycles. The molecule has 1 aliphatic heterocycles. The van der Waals surface area contributed by atoms with E-state index in [4.69, 9.17) is 4.74 Å². The summed E-state index contributed by atoms with van der Waals surface area (Å²) in [5, 5.41) is 2.90. The minimum atomic E-state index is -0.0410. The monoisotopic (exact) mass is 338 g/mol. The molecule has 25 heavy (non-hydrogen) atoms. The smallest absolute Gasteiger partial charge is 0.224 e. The van der Waals surface area contributed by atoms with Crippen LogP contribution >= 0.6 is 0 Å². The number of rotatable bonds is 4. The van der Waals surface area contributed by atoms with Crippen LogP contribution in [0.25, 0.3) is 0 Å². The lowest BCUT2D eigenvalue weighted by atomic mass is 10.1. The van der Waals surface area contributed by atoms with Crippen LogP contribution in [0.5, 0.6) is 5.75 Å². The maximum Gasteiger partial charge on any atom is 0.224 e. The maximum atomic E-state index is 12.2. The fourth-order valence-electron chi connectivity index (χ4n) is 2.97. The van der Waals surface area contributed by atoms with E-state index >= 15 is 0 Å². The zero-order chi connectivity index (χ0) is 17.8. The molecule has 0 atom stereocenters. The molecule has 5 nitrogen and oxygen atoms in total. The first-order chi connectivity index (χ1) is 12.0. The first-order valence-corrected chi connectivity index (χ1v) is 8.43. The van der Waals surface area contributed by atoms with Gasteiger partial charge in [-0.3, -0.25) is 9.59 Å². The van der Waals surface area contributed by atoms with Gasteiger partial charge in [-0.05, 0) is 31.0 Å². The van der Waals surface area contributed by atoms with Gasteiger partial charge in [0, 0.05) is 25.1 Å². The van der Waals surface area contributed by atoms with E-state index in [2.05, 4.69) is 11.4 Å². The third-order valence-electron chi connectivity index (χ3n) is 4.21. The molecule has 3 rings (SSSR count). The third-order valence-corrected chi connectivity index (χ3v) is 4.21. The normalized spacial score (nSPS) is 13.0. The molecule has 2 amide bonds. The second kappa shape index (κ2) is 7.38. The van der Waals surface area contributed by atoms with Crippen LogP contribution in [-0.4, -0.2) is 25.0 Å². The molecular weight excluding hydrogens is 316 g/mol. The second-order valence-electron chi connectivity index (χ2n) is 6.24. The molecule has 2 aromatic rings. The second-order valence-corrected chi connectivity index (χ2v) is 6.24. The maximum absolute atomic E-state index is 12.2. The van der Waals surface area contributed by atoms with Crippen molar-refractivity contribution < 1.29 is 14.3 Å². The summed E-state index contributed by atoms with van der Waals surface area (Å²) in [7, 11) is 0. The molecule has 5 heteroatoms. The summed E-state index contributed by atoms with van der Waals surface area (Å²) in [6, 6.07) is 13.6. The summed E-state index contributed by atoms with van der Waals surface area (Å²) in [4.78, 5) is 25.5. The molecule has 0 unspecified atom stereocenters. The molecule has 0 radical (unpaired) electrons. The van der Waals surface area contributed by atoms with Crippen molar-refractivity contribution in [2.45, 2.75) is 26.7 Å². The summed E-state index contributed by atoms with van der Waals surface area (Å²) in [6.07, 6.45) is 1.12. The Morgan fingerprint density at radius 1 is 1.20 bits per heavy atom. The van der Waals surface area contributed by atoms with Crippen LogP contribution in [0.2, 0.25) is 0 Å². The third kappa shape index (κ3) is 4.18. The van der Waals surface area contributed by atoms with Crippen molar-refractivity contribution >= 4 is 23.2 Å². The van der Waals surface area contributed by atoms with Crippen LogP contribution in [0.3, 0.4) is 0 Å². The zero-order valence-corrected chi connectivity index (χ0v) is 14.5. The van der Waals surface area contributed by atoms with Crippen molar-refractivity contribution in [3.63, 3.8) is 0 Å². The van der Waals surface area contributed by atoms with E-state index in [0.717, 1.165) is 11.3 Å². The standard InChI is InChI=1S/C20H22N2O3/c1-14-4-3-5-16(12-14)6-9-20(24)21-17-7-8-18-19(13-17)25-11-10-22(18)15(2)23/h3-5,7-8,12-13H,6,9-11H2,1-2H3,(H,21,24). The number of anilines is 2. The largest absolute Gasteiger partial charge is 0.489 e. The predicted octanol–water partition coefficient (Wildman–Crippen LogP) is 3.31. The molecule has 1 heterocycles. The SMILES string of the molecule is CC(=O)N1CCOc2cc(NC(=O)CCc3cccc(C)c3)ccc21. The molecule has 130 valence electrons. The van der Waals surface area contributed by atoms with Gasteiger partial charge < -0.3 is 15.0 Å². The van der Waals surface area contributed by atoms with Crippen LogP contribution in [0.4, 0.5) is 11.4 Å². The molecule has 0 aromatic heterocycles. The topological polar surface area (TPSA) is 58.6 Å². The van der Waals surface area contributed by atoms with Crippen molar-refractivity contribution in [1.29, 1.82) is 0 Å². The van der Waals surface area contributed by atoms with Crippen LogP contribution in [0.15, 0.2) is 42.5 Å². The number of aryl methyl sites for hydroxylation is 2. The number of hydrogen-bond acceptors (Lipinski definition) is 3. The van der Waals surface area contributed by atoms with Crippen molar-refractivity contribution in [2.24, 2.45) is 0 Å². The summed E-state index contributed by atoms with van der Waals surface area (Å²) in [5.41, 5.74) is 3.77. The number of carbonyl (C=O) groups is 2. The molecule has 2 aromatic carbocycles. The van der Waals surface area contributed by atoms with Crippen LogP contribution in [0, 0.1) is 6.92 Å². The van der Waals surface area contributed by atoms with Gasteiger partial charge in [0.2, 0.25) is 11.8 Å². The Kier molecular flexibility index (Phi) is 5.03. The Morgan fingerprint density at radius 2 is 2.04 bits per heavy atom. The van der Waals surface area contributed by atoms with Gasteiger partial charge in [-0.25, -0.2) is 0 Å². The average Bonchev–Trinajstić information content (AvgIpc) is 2.59. The molecule has 0 bridgehead atoms. The summed E-state index contributed by atoms with van der Waals surface area (Å²) in [5.74, 6) is 0.568. The van der Waals surface area contributed by atoms with E-state index in [1.54, 1.807) is 17.0 Å². The Hall–Kier alpha value is -2.82. The first-order valence-electron chi connectivity index (χ1n) is 8.43. The van der Waals surface area contributed by atoms with Gasteiger partial charge >= 0.3 is 0 Å². The van der Waals surface area contributed by atoms with Gasteiger partial charge in [-0.15, -0.1) is 0 Å². The Bertz CT molecular complexity index is 801. The Balaban J connectivity index is 1.63. The molecule has 0 spiro atoms. The summed E-state index contributed by atoms with van der Waals surface area (Å²) < 4.78 is 5.62. The number of fused-ring (bicyclic) bond motifs is 1. The first kappa shape index (κ1) is 17.0. The lowest BCUT2D eigenvalue weighted by molar-refractivity contribution is -0.117. The highest BCUT2D eigenvalue weighted by molar-refractivity contribution is 5.95. The minimum absolute atomic E-state index is 0.0144. The fraction of sp³-hybridized carbons (Fsp3) is 0.300. The zero-order valence-electron chi connectivity index (χ0n) is 14.5. The van der Waals surface area contributed by atoms with Crippen molar-refractivity contribution in [2.75, 3.05) is 23.4 Å². The van der Waals surface area contributed by atoms with Crippen LogP contribution in [0.1, 0.15) is 24.5 Å². The number of amides is 2. The van der Waals surface area contributed by atoms with E-state index in [1.165, 1.54) is 12.5 Å². The minimum Gasteiger partial charge on any atom is -0.489 e. The van der Waals surface area contributed by atoms with E-state index < -0.39 is 0 Å². The highest BCUT2D eigenvalue weighted by Gasteiger charge is 2.21. The number of nitrogens with zero attached hydrogens (tertiary/aromatic N) is 1. The number of ether oxygens (including phenoxy) is 1. The van der Waals surface area contributed by atoms with Crippen molar-refractivity contribution in [3.8, 4) is 5.75 Å². The average molecular weight is 338 g/mol. The van der Waals surface area contributed by atoms with E-state index in [0.29, 0.717) is 37.4 Å². The number of benzene rings is 2. The molecule has 1 aliphatic rings. The quantitative estimate of drug-likeness (QED) is 0.930. The molecule has 0 saturated carbocycles. The predicted molar refractivity (Wildman–Crippen MR) is 98.1 cm³/mol. The molecule has 0 aliphatic carbocycles. The lowest BCUT2D eigenvalue weighted by Crippen LogP contribution is -2.36. The summed E-state index contributed by atoms with van der Waals surface area (Å²) in [6.45, 7) is 4.58. The number of carbonyl (C=O) groups excluding carboxylic acids is 2. The highest BCUT2D eigenvalue weighted by atomic mass is 16.5. The van der Waals surface area contributed by atoms with E-state index in [9.17, 15) is 9.59 Å². The van der Waals surface area contributed by atoms with Gasteiger partial charge in [-0.2, -0.15) is 0 Å². The van der Waals surface area contributed by atoms with Gasteiger partial charge in [0.1, 0.15) is 12.4 Å². The lowest BCUT2D eigenvalue weighted by Gasteiger charge is -2.29. The van der Waals surface area contributed by atoms with Gasteiger partial charge in [0.15, 0.2) is 0 Å². The highest BCUT2D eigenvalue weighted by Crippen LogP contribution is 2.34. The summed E-state index contributed by atoms with van der Waals surface area (Å²) >= 11 is 0. The van der Waals surface area contributed by atoms with Crippen LogP contribution in [-0.2, 0) is 16.0 Å². The number of hydrogen-bond donors (Lipinski definition) is 1. The Labute approximate surface area is 147 Å². The molecule has 0 fully saturated rings. The van der Waals surface area contributed by atoms with Crippen LogP contribution < -0.4 is 15.0 Å². The van der Waals surface area contributed by atoms with Gasteiger partial charge in [-0.1, -0.05) is 29.8 Å². The van der Waals surface area contributed by atoms with Crippen molar-refractivity contribution in [1.82, 2.24) is 0 Å². The Morgan fingerprint density at radius 3 is 2.80 bits per heavy atom. The molecule has 1 N–H and O–H groups in total. The number of nitrogens with one attached hydrogen (secondary N) is 1. The van der Waals surface area contributed by atoms with E-state index in [1.807, 2.05) is 31.2 Å².